The van der Waals surface area contributed by atoms with Gasteiger partial charge in [0.15, 0.2) is 0 Å². The highest BCUT2D eigenvalue weighted by atomic mass is 14.9. The second-order valence-corrected chi connectivity index (χ2v) is 5.20. The predicted molar refractivity (Wildman–Crippen MR) is 71.8 cm³/mol. The Bertz CT molecular complexity index is 328. The summed E-state index contributed by atoms with van der Waals surface area (Å²) < 4.78 is 0. The zero-order chi connectivity index (χ0) is 12.1. The van der Waals surface area contributed by atoms with Gasteiger partial charge in [-0.25, -0.2) is 0 Å². The van der Waals surface area contributed by atoms with Gasteiger partial charge in [0.25, 0.3) is 0 Å². The highest BCUT2D eigenvalue weighted by Gasteiger charge is 2.05. The first-order valence-corrected chi connectivity index (χ1v) is 6.31. The molecule has 1 atom stereocenters. The third-order valence-electron chi connectivity index (χ3n) is 3.20. The molecule has 0 fully saturated rings. The van der Waals surface area contributed by atoms with Gasteiger partial charge >= 0.3 is 0 Å². The smallest absolute Gasteiger partial charge is 0.0291 e. The largest absolute Gasteiger partial charge is 0.310 e. The lowest BCUT2D eigenvalue weighted by Gasteiger charge is -2.16. The summed E-state index contributed by atoms with van der Waals surface area (Å²) in [6.07, 6.45) is 1.25. The first-order chi connectivity index (χ1) is 7.50. The Hall–Kier alpha value is -0.820. The lowest BCUT2D eigenvalue weighted by atomic mass is 10.0. The van der Waals surface area contributed by atoms with Crippen molar-refractivity contribution in [1.29, 1.82) is 0 Å². The summed E-state index contributed by atoms with van der Waals surface area (Å²) in [6.45, 7) is 12.2. The quantitative estimate of drug-likeness (QED) is 0.789. The van der Waals surface area contributed by atoms with Crippen LogP contribution in [0.1, 0.15) is 49.9 Å². The van der Waals surface area contributed by atoms with E-state index < -0.39 is 0 Å². The van der Waals surface area contributed by atoms with Crippen molar-refractivity contribution < 1.29 is 0 Å². The highest BCUT2D eigenvalue weighted by molar-refractivity contribution is 5.31. The van der Waals surface area contributed by atoms with Gasteiger partial charge in [-0.1, -0.05) is 32.0 Å². The first kappa shape index (κ1) is 13.2. The van der Waals surface area contributed by atoms with Crippen LogP contribution < -0.4 is 5.32 Å². The molecule has 0 saturated heterocycles. The zero-order valence-corrected chi connectivity index (χ0v) is 11.3. The van der Waals surface area contributed by atoms with E-state index >= 15 is 0 Å². The average molecular weight is 219 g/mol. The Kier molecular flexibility index (Phi) is 5.01. The number of nitrogens with one attached hydrogen (secondary N) is 1. The molecule has 0 aliphatic heterocycles. The number of aryl methyl sites for hydroxylation is 2. The van der Waals surface area contributed by atoms with Crippen LogP contribution in [0.3, 0.4) is 0 Å². The molecule has 0 radical (unpaired) electrons. The number of benzene rings is 1. The van der Waals surface area contributed by atoms with Crippen LogP contribution in [0.15, 0.2) is 18.2 Å². The van der Waals surface area contributed by atoms with Crippen LogP contribution in [0.5, 0.6) is 0 Å². The van der Waals surface area contributed by atoms with Gasteiger partial charge in [0.05, 0.1) is 0 Å². The standard InChI is InChI=1S/C15H25N/c1-11(2)8-9-16-14(5)15-7-6-12(3)13(4)10-15/h6-7,10-11,14,16H,8-9H2,1-5H3. The average Bonchev–Trinajstić information content (AvgIpc) is 2.21. The summed E-state index contributed by atoms with van der Waals surface area (Å²) in [4.78, 5) is 0. The van der Waals surface area contributed by atoms with E-state index in [1.165, 1.54) is 23.1 Å². The summed E-state index contributed by atoms with van der Waals surface area (Å²) in [6, 6.07) is 7.20. The molecule has 1 aromatic carbocycles. The van der Waals surface area contributed by atoms with Crippen LogP contribution >= 0.6 is 0 Å². The molecule has 0 amide bonds. The monoisotopic (exact) mass is 219 g/mol. The topological polar surface area (TPSA) is 12.0 Å². The number of hydrogen-bond acceptors (Lipinski definition) is 1. The van der Waals surface area contributed by atoms with Crippen molar-refractivity contribution in [3.8, 4) is 0 Å². The maximum Gasteiger partial charge on any atom is 0.0291 e. The molecule has 0 spiro atoms. The van der Waals surface area contributed by atoms with Crippen molar-refractivity contribution in [3.63, 3.8) is 0 Å². The first-order valence-electron chi connectivity index (χ1n) is 6.31. The molecule has 1 N–H and O–H groups in total. The molecule has 0 aliphatic carbocycles. The van der Waals surface area contributed by atoms with E-state index in [2.05, 4.69) is 58.1 Å². The van der Waals surface area contributed by atoms with Gasteiger partial charge in [-0.3, -0.25) is 0 Å². The van der Waals surface area contributed by atoms with Gasteiger partial charge in [0.1, 0.15) is 0 Å². The van der Waals surface area contributed by atoms with Crippen LogP contribution in [0.2, 0.25) is 0 Å². The van der Waals surface area contributed by atoms with E-state index in [1.54, 1.807) is 0 Å². The van der Waals surface area contributed by atoms with Crippen LogP contribution in [-0.2, 0) is 0 Å². The SMILES string of the molecule is Cc1ccc(C(C)NCCC(C)C)cc1C. The minimum Gasteiger partial charge on any atom is -0.310 e. The molecule has 0 aliphatic rings. The Morgan fingerprint density at radius 3 is 2.31 bits per heavy atom. The van der Waals surface area contributed by atoms with Crippen molar-refractivity contribution >= 4 is 0 Å². The third kappa shape index (κ3) is 3.97. The van der Waals surface area contributed by atoms with Gasteiger partial charge in [-0.05, 0) is 56.3 Å². The summed E-state index contributed by atoms with van der Waals surface area (Å²) >= 11 is 0. The predicted octanol–water partition coefficient (Wildman–Crippen LogP) is 4.00. The lowest BCUT2D eigenvalue weighted by Crippen LogP contribution is -2.21. The van der Waals surface area contributed by atoms with E-state index in [1.807, 2.05) is 0 Å². The molecule has 0 aromatic heterocycles. The Labute approximate surface area is 100 Å². The molecule has 90 valence electrons. The Balaban J connectivity index is 2.52. The molecule has 0 heterocycles. The highest BCUT2D eigenvalue weighted by Crippen LogP contribution is 2.16. The molecular weight excluding hydrogens is 194 g/mol. The fraction of sp³-hybridized carbons (Fsp3) is 0.600. The maximum absolute atomic E-state index is 3.58. The molecule has 1 aromatic rings. The van der Waals surface area contributed by atoms with E-state index in [0.717, 1.165) is 12.5 Å². The van der Waals surface area contributed by atoms with Gasteiger partial charge in [0, 0.05) is 6.04 Å². The summed E-state index contributed by atoms with van der Waals surface area (Å²) in [5.74, 6) is 0.777. The van der Waals surface area contributed by atoms with Crippen molar-refractivity contribution in [2.45, 2.75) is 47.1 Å². The van der Waals surface area contributed by atoms with Gasteiger partial charge in [0.2, 0.25) is 0 Å². The van der Waals surface area contributed by atoms with Crippen LogP contribution in [0.4, 0.5) is 0 Å². The molecule has 1 nitrogen and oxygen atoms in total. The Morgan fingerprint density at radius 2 is 1.75 bits per heavy atom. The molecule has 16 heavy (non-hydrogen) atoms. The van der Waals surface area contributed by atoms with Gasteiger partial charge in [-0.15, -0.1) is 0 Å². The molecule has 1 rings (SSSR count). The minimum atomic E-state index is 0.457. The zero-order valence-electron chi connectivity index (χ0n) is 11.3. The minimum absolute atomic E-state index is 0.457. The summed E-state index contributed by atoms with van der Waals surface area (Å²) in [5.41, 5.74) is 4.15. The van der Waals surface area contributed by atoms with Crippen molar-refractivity contribution in [3.05, 3.63) is 34.9 Å². The Morgan fingerprint density at radius 1 is 1.06 bits per heavy atom. The maximum atomic E-state index is 3.58. The van der Waals surface area contributed by atoms with E-state index in [0.29, 0.717) is 6.04 Å². The molecular formula is C15H25N. The normalized spacial score (nSPS) is 13.1. The van der Waals surface area contributed by atoms with Gasteiger partial charge in [-0.2, -0.15) is 0 Å². The summed E-state index contributed by atoms with van der Waals surface area (Å²) in [5, 5.41) is 3.58. The van der Waals surface area contributed by atoms with E-state index in [4.69, 9.17) is 0 Å². The molecule has 0 saturated carbocycles. The summed E-state index contributed by atoms with van der Waals surface area (Å²) in [7, 11) is 0. The van der Waals surface area contributed by atoms with Crippen molar-refractivity contribution in [2.75, 3.05) is 6.54 Å². The molecule has 1 heteroatoms. The second-order valence-electron chi connectivity index (χ2n) is 5.20. The van der Waals surface area contributed by atoms with Crippen LogP contribution in [0.25, 0.3) is 0 Å². The number of rotatable bonds is 5. The van der Waals surface area contributed by atoms with Crippen LogP contribution in [0, 0.1) is 19.8 Å². The van der Waals surface area contributed by atoms with Crippen molar-refractivity contribution in [1.82, 2.24) is 5.32 Å². The fourth-order valence-corrected chi connectivity index (χ4v) is 1.74. The van der Waals surface area contributed by atoms with Gasteiger partial charge < -0.3 is 5.32 Å². The van der Waals surface area contributed by atoms with Crippen LogP contribution in [-0.4, -0.2) is 6.54 Å². The van der Waals surface area contributed by atoms with E-state index in [-0.39, 0.29) is 0 Å². The molecule has 0 bridgehead atoms. The van der Waals surface area contributed by atoms with Crippen molar-refractivity contribution in [2.24, 2.45) is 5.92 Å². The second kappa shape index (κ2) is 6.05. The number of hydrogen-bond donors (Lipinski definition) is 1. The fourth-order valence-electron chi connectivity index (χ4n) is 1.74. The lowest BCUT2D eigenvalue weighted by molar-refractivity contribution is 0.497. The molecule has 1 unspecified atom stereocenters. The third-order valence-corrected chi connectivity index (χ3v) is 3.20. The van der Waals surface area contributed by atoms with E-state index in [9.17, 15) is 0 Å².